The minimum atomic E-state index is -0.542. The number of amides is 2. The van der Waals surface area contributed by atoms with Crippen LogP contribution in [0.2, 0.25) is 5.02 Å². The van der Waals surface area contributed by atoms with Gasteiger partial charge in [0.2, 0.25) is 17.6 Å². The average Bonchev–Trinajstić information content (AvgIpc) is 3.36. The second-order valence-corrected chi connectivity index (χ2v) is 9.15. The van der Waals surface area contributed by atoms with E-state index >= 15 is 0 Å². The van der Waals surface area contributed by atoms with Crippen LogP contribution >= 0.6 is 11.6 Å². The first-order valence-electron chi connectivity index (χ1n) is 11.1. The molecule has 2 aromatic heterocycles. The van der Waals surface area contributed by atoms with Gasteiger partial charge in [-0.3, -0.25) is 19.0 Å². The molecule has 2 N–H and O–H groups in total. The van der Waals surface area contributed by atoms with Gasteiger partial charge in [0.05, 0.1) is 10.9 Å². The molecule has 0 bridgehead atoms. The van der Waals surface area contributed by atoms with E-state index in [1.807, 2.05) is 13.8 Å². The summed E-state index contributed by atoms with van der Waals surface area (Å²) in [6.45, 7) is 3.46. The normalized spacial score (nSPS) is 14.4. The first-order chi connectivity index (χ1) is 15.7. The number of fused-ring (bicyclic) bond motifs is 3. The molecule has 0 radical (unpaired) electrons. The lowest BCUT2D eigenvalue weighted by Crippen LogP contribution is -2.37. The zero-order chi connectivity index (χ0) is 23.7. The van der Waals surface area contributed by atoms with Gasteiger partial charge in [0.1, 0.15) is 6.54 Å². The molecule has 1 aliphatic rings. The van der Waals surface area contributed by atoms with Crippen molar-refractivity contribution in [2.75, 3.05) is 0 Å². The lowest BCUT2D eigenvalue weighted by Gasteiger charge is -2.11. The van der Waals surface area contributed by atoms with Crippen LogP contribution in [0.15, 0.2) is 27.8 Å². The van der Waals surface area contributed by atoms with Crippen molar-refractivity contribution in [3.63, 3.8) is 0 Å². The van der Waals surface area contributed by atoms with Crippen molar-refractivity contribution < 1.29 is 9.59 Å². The highest BCUT2D eigenvalue weighted by atomic mass is 35.5. The van der Waals surface area contributed by atoms with Gasteiger partial charge in [-0.2, -0.15) is 0 Å². The molecular formula is C22H27ClN6O4. The molecular weight excluding hydrogens is 448 g/mol. The number of aromatic nitrogens is 4. The van der Waals surface area contributed by atoms with Gasteiger partial charge in [0.15, 0.2) is 0 Å². The molecule has 4 rings (SSSR count). The largest absolute Gasteiger partial charge is 0.354 e. The number of carbonyl (C=O) groups is 2. The topological polar surface area (TPSA) is 120 Å². The van der Waals surface area contributed by atoms with Crippen LogP contribution in [0, 0.1) is 0 Å². The summed E-state index contributed by atoms with van der Waals surface area (Å²) in [4.78, 5) is 51.1. The molecule has 0 aliphatic heterocycles. The predicted molar refractivity (Wildman–Crippen MR) is 125 cm³/mol. The van der Waals surface area contributed by atoms with Crippen LogP contribution in [0.25, 0.3) is 16.7 Å². The Morgan fingerprint density at radius 2 is 1.91 bits per heavy atom. The summed E-state index contributed by atoms with van der Waals surface area (Å²) in [5.74, 6) is -0.449. The van der Waals surface area contributed by atoms with E-state index < -0.39 is 11.2 Å². The average molecular weight is 475 g/mol. The molecule has 0 atom stereocenters. The maximum absolute atomic E-state index is 13.2. The highest BCUT2D eigenvalue weighted by Gasteiger charge is 2.21. The van der Waals surface area contributed by atoms with Gasteiger partial charge in [0.25, 0.3) is 5.56 Å². The summed E-state index contributed by atoms with van der Waals surface area (Å²) in [5, 5.41) is 10.6. The Morgan fingerprint density at radius 3 is 2.61 bits per heavy atom. The van der Waals surface area contributed by atoms with E-state index in [0.29, 0.717) is 10.5 Å². The zero-order valence-electron chi connectivity index (χ0n) is 18.6. The van der Waals surface area contributed by atoms with Crippen molar-refractivity contribution >= 4 is 40.1 Å². The Morgan fingerprint density at radius 1 is 1.18 bits per heavy atom. The van der Waals surface area contributed by atoms with E-state index in [2.05, 4.69) is 15.7 Å². The number of benzene rings is 1. The van der Waals surface area contributed by atoms with Gasteiger partial charge in [-0.05, 0) is 44.9 Å². The summed E-state index contributed by atoms with van der Waals surface area (Å²) in [7, 11) is 0. The molecule has 0 spiro atoms. The van der Waals surface area contributed by atoms with Crippen LogP contribution in [0.4, 0.5) is 0 Å². The molecule has 0 saturated heterocycles. The number of nitrogens with one attached hydrogen (secondary N) is 2. The third-order valence-electron chi connectivity index (χ3n) is 5.76. The first kappa shape index (κ1) is 23.0. The predicted octanol–water partition coefficient (Wildman–Crippen LogP) is 1.44. The molecule has 2 amide bonds. The van der Waals surface area contributed by atoms with E-state index in [1.165, 1.54) is 15.0 Å². The second-order valence-electron chi connectivity index (χ2n) is 8.72. The van der Waals surface area contributed by atoms with Gasteiger partial charge < -0.3 is 10.6 Å². The fraction of sp³-hybridized carbons (Fsp3) is 0.500. The third-order valence-corrected chi connectivity index (χ3v) is 6.00. The van der Waals surface area contributed by atoms with Crippen LogP contribution in [0.1, 0.15) is 46.0 Å². The Bertz CT molecular complexity index is 1330. The van der Waals surface area contributed by atoms with Crippen molar-refractivity contribution in [1.82, 2.24) is 29.4 Å². The summed E-state index contributed by atoms with van der Waals surface area (Å²) in [6, 6.07) is 4.73. The summed E-state index contributed by atoms with van der Waals surface area (Å²) in [6.07, 6.45) is 4.03. The zero-order valence-corrected chi connectivity index (χ0v) is 19.4. The molecule has 11 heteroatoms. The molecule has 176 valence electrons. The lowest BCUT2D eigenvalue weighted by atomic mass is 10.2. The van der Waals surface area contributed by atoms with Crippen molar-refractivity contribution in [3.8, 4) is 0 Å². The van der Waals surface area contributed by atoms with Crippen LogP contribution in [-0.4, -0.2) is 42.6 Å². The van der Waals surface area contributed by atoms with Crippen LogP contribution < -0.4 is 21.9 Å². The van der Waals surface area contributed by atoms with Crippen molar-refractivity contribution in [1.29, 1.82) is 0 Å². The highest BCUT2D eigenvalue weighted by molar-refractivity contribution is 6.31. The molecule has 1 aromatic carbocycles. The molecule has 1 aliphatic carbocycles. The van der Waals surface area contributed by atoms with E-state index in [-0.39, 0.29) is 54.6 Å². The monoisotopic (exact) mass is 474 g/mol. The van der Waals surface area contributed by atoms with Gasteiger partial charge in [-0.1, -0.05) is 24.4 Å². The number of halogens is 1. The first-order valence-corrected chi connectivity index (χ1v) is 11.5. The Labute approximate surface area is 194 Å². The van der Waals surface area contributed by atoms with E-state index in [4.69, 9.17) is 11.6 Å². The van der Waals surface area contributed by atoms with Crippen LogP contribution in [0.5, 0.6) is 0 Å². The SMILES string of the molecule is CC(C)NC(=O)CCn1c(=O)c2cc(Cl)ccc2n2c(=O)n(CC(=O)NC3CCCC3)nc12. The molecule has 33 heavy (non-hydrogen) atoms. The van der Waals surface area contributed by atoms with Crippen LogP contribution in [0.3, 0.4) is 0 Å². The number of hydrogen-bond donors (Lipinski definition) is 2. The fourth-order valence-electron chi connectivity index (χ4n) is 4.28. The van der Waals surface area contributed by atoms with Gasteiger partial charge >= 0.3 is 5.69 Å². The minimum Gasteiger partial charge on any atom is -0.354 e. The van der Waals surface area contributed by atoms with E-state index in [9.17, 15) is 19.2 Å². The van der Waals surface area contributed by atoms with Gasteiger partial charge in [-0.25, -0.2) is 13.9 Å². The molecule has 0 unspecified atom stereocenters. The Balaban J connectivity index is 1.76. The molecule has 10 nitrogen and oxygen atoms in total. The molecule has 2 heterocycles. The van der Waals surface area contributed by atoms with E-state index in [1.54, 1.807) is 12.1 Å². The number of nitrogens with zero attached hydrogens (tertiary/aromatic N) is 4. The number of hydrogen-bond acceptors (Lipinski definition) is 5. The number of aryl methyl sites for hydroxylation is 1. The summed E-state index contributed by atoms with van der Waals surface area (Å²) in [5.41, 5.74) is -0.612. The summed E-state index contributed by atoms with van der Waals surface area (Å²) >= 11 is 6.10. The van der Waals surface area contributed by atoms with E-state index in [0.717, 1.165) is 30.4 Å². The molecule has 1 saturated carbocycles. The Kier molecular flexibility index (Phi) is 6.55. The fourth-order valence-corrected chi connectivity index (χ4v) is 4.46. The van der Waals surface area contributed by atoms with Crippen molar-refractivity contribution in [3.05, 3.63) is 44.1 Å². The van der Waals surface area contributed by atoms with Crippen LogP contribution in [-0.2, 0) is 22.7 Å². The highest BCUT2D eigenvalue weighted by Crippen LogP contribution is 2.18. The van der Waals surface area contributed by atoms with Crippen molar-refractivity contribution in [2.45, 2.75) is 71.1 Å². The standard InChI is InChI=1S/C22H27ClN6O4/c1-13(2)24-18(30)9-10-27-20(32)16-11-14(23)7-8-17(16)29-21(27)26-28(22(29)33)12-19(31)25-15-5-3-4-6-15/h7-8,11,13,15H,3-6,9-10,12H2,1-2H3,(H,24,30)(H,25,31). The van der Waals surface area contributed by atoms with Gasteiger partial charge in [-0.15, -0.1) is 5.10 Å². The quantitative estimate of drug-likeness (QED) is 0.537. The maximum atomic E-state index is 13.2. The lowest BCUT2D eigenvalue weighted by molar-refractivity contribution is -0.123. The smallest absolute Gasteiger partial charge is 0.352 e. The van der Waals surface area contributed by atoms with Crippen molar-refractivity contribution in [2.24, 2.45) is 0 Å². The van der Waals surface area contributed by atoms with Gasteiger partial charge in [0, 0.05) is 30.1 Å². The number of rotatable bonds is 7. The maximum Gasteiger partial charge on any atom is 0.352 e. The Hall–Kier alpha value is -3.14. The minimum absolute atomic E-state index is 0.0219. The summed E-state index contributed by atoms with van der Waals surface area (Å²) < 4.78 is 3.62. The molecule has 3 aromatic rings. The number of carbonyl (C=O) groups excluding carboxylic acids is 2. The molecule has 1 fully saturated rings. The third kappa shape index (κ3) is 4.80. The second kappa shape index (κ2) is 9.38.